The molecule has 146 valence electrons. The molecule has 1 unspecified atom stereocenters. The molecule has 0 N–H and O–H groups in total. The lowest BCUT2D eigenvalue weighted by Crippen LogP contribution is -2.70. The largest absolute Gasteiger partial charge is 0.457 e. The second-order valence-electron chi connectivity index (χ2n) is 9.36. The number of anilines is 1. The first-order chi connectivity index (χ1) is 12.6. The first kappa shape index (κ1) is 18.5. The summed E-state index contributed by atoms with van der Waals surface area (Å²) in [5, 5.41) is 0. The molecule has 2 fully saturated rings. The highest BCUT2D eigenvalue weighted by atomic mass is 16.6. The second-order valence-corrected chi connectivity index (χ2v) is 9.36. The fraction of sp³-hybridized carbons (Fsp3) is 0.636. The standard InChI is InChI=1S/C22H29NO4/c1-13-16-14-9-7-8-10-15(14)23(5)17(16)22(26-6,18(24)21(13)11-12-21)19(25)27-20(2,3)4/h7-10,13,16-17H,11-12H2,1-6H3/t13?,16-,17+,22+/m0/s1. The number of nitrogens with zero attached hydrogens (tertiary/aromatic N) is 1. The fourth-order valence-corrected chi connectivity index (χ4v) is 5.46. The van der Waals surface area contributed by atoms with Crippen molar-refractivity contribution in [2.75, 3.05) is 19.1 Å². The molecule has 3 aliphatic rings. The van der Waals surface area contributed by atoms with Crippen molar-refractivity contribution < 1.29 is 19.1 Å². The van der Waals surface area contributed by atoms with Gasteiger partial charge in [0, 0.05) is 31.2 Å². The predicted octanol–water partition coefficient (Wildman–Crippen LogP) is 3.31. The van der Waals surface area contributed by atoms with E-state index in [9.17, 15) is 9.59 Å². The number of ketones is 1. The molecular weight excluding hydrogens is 342 g/mol. The van der Waals surface area contributed by atoms with Gasteiger partial charge in [0.05, 0.1) is 6.04 Å². The van der Waals surface area contributed by atoms with Crippen LogP contribution in [-0.2, 0) is 19.1 Å². The third-order valence-corrected chi connectivity index (χ3v) is 6.86. The van der Waals surface area contributed by atoms with Gasteiger partial charge in [-0.05, 0) is 51.2 Å². The van der Waals surface area contributed by atoms with Crippen molar-refractivity contribution in [3.63, 3.8) is 0 Å². The van der Waals surface area contributed by atoms with Gasteiger partial charge in [0.15, 0.2) is 5.78 Å². The smallest absolute Gasteiger partial charge is 0.349 e. The van der Waals surface area contributed by atoms with Crippen LogP contribution in [0.5, 0.6) is 0 Å². The van der Waals surface area contributed by atoms with Gasteiger partial charge in [0.25, 0.3) is 0 Å². The van der Waals surface area contributed by atoms with E-state index in [1.54, 1.807) is 0 Å². The van der Waals surface area contributed by atoms with Crippen molar-refractivity contribution in [2.45, 2.75) is 63.7 Å². The molecule has 5 heteroatoms. The van der Waals surface area contributed by atoms with E-state index in [1.165, 1.54) is 12.7 Å². The van der Waals surface area contributed by atoms with E-state index in [4.69, 9.17) is 9.47 Å². The summed E-state index contributed by atoms with van der Waals surface area (Å²) in [4.78, 5) is 29.3. The monoisotopic (exact) mass is 371 g/mol. The number of carbonyl (C=O) groups is 2. The molecule has 27 heavy (non-hydrogen) atoms. The lowest BCUT2D eigenvalue weighted by Gasteiger charge is -2.50. The lowest BCUT2D eigenvalue weighted by atomic mass is 9.59. The number of methoxy groups -OCH3 is 1. The Bertz CT molecular complexity index is 807. The van der Waals surface area contributed by atoms with Crippen LogP contribution >= 0.6 is 0 Å². The van der Waals surface area contributed by atoms with E-state index < -0.39 is 28.6 Å². The highest BCUT2D eigenvalue weighted by Crippen LogP contribution is 2.67. The fourth-order valence-electron chi connectivity index (χ4n) is 5.46. The Kier molecular flexibility index (Phi) is 3.81. The van der Waals surface area contributed by atoms with Crippen molar-refractivity contribution in [1.82, 2.24) is 0 Å². The Balaban J connectivity index is 1.91. The molecule has 4 rings (SSSR count). The number of ether oxygens (including phenoxy) is 2. The van der Waals surface area contributed by atoms with Crippen LogP contribution < -0.4 is 4.90 Å². The number of rotatable bonds is 2. The minimum Gasteiger partial charge on any atom is -0.457 e. The molecule has 0 radical (unpaired) electrons. The van der Waals surface area contributed by atoms with Gasteiger partial charge in [0.2, 0.25) is 5.60 Å². The summed E-state index contributed by atoms with van der Waals surface area (Å²) in [6, 6.07) is 7.80. The lowest BCUT2D eigenvalue weighted by molar-refractivity contribution is -0.194. The number of likely N-dealkylation sites (N-methyl/N-ethyl adjacent to an activating group) is 1. The third kappa shape index (κ3) is 2.27. The molecule has 0 aromatic heterocycles. The Morgan fingerprint density at radius 2 is 1.85 bits per heavy atom. The van der Waals surface area contributed by atoms with Crippen molar-refractivity contribution >= 4 is 17.4 Å². The van der Waals surface area contributed by atoms with Crippen molar-refractivity contribution in [1.29, 1.82) is 0 Å². The molecule has 1 spiro atoms. The van der Waals surface area contributed by atoms with Crippen LogP contribution in [0.4, 0.5) is 5.69 Å². The minimum absolute atomic E-state index is 0.0545. The highest BCUT2D eigenvalue weighted by Gasteiger charge is 2.75. The zero-order valence-electron chi connectivity index (χ0n) is 17.0. The Morgan fingerprint density at radius 1 is 1.22 bits per heavy atom. The minimum atomic E-state index is -1.60. The average Bonchev–Trinajstić information content (AvgIpc) is 3.35. The first-order valence-corrected chi connectivity index (χ1v) is 9.75. The van der Waals surface area contributed by atoms with Crippen molar-refractivity contribution in [2.24, 2.45) is 11.3 Å². The molecule has 0 saturated heterocycles. The first-order valence-electron chi connectivity index (χ1n) is 9.75. The molecule has 5 nitrogen and oxygen atoms in total. The second kappa shape index (κ2) is 5.57. The topological polar surface area (TPSA) is 55.8 Å². The van der Waals surface area contributed by atoms with Crippen LogP contribution in [0.2, 0.25) is 0 Å². The SMILES string of the molecule is CO[C@@]1(C(=O)OC(C)(C)C)C(=O)C2(CC2)C(C)[C@H]2c3ccccc3N(C)[C@H]21. The molecule has 2 aliphatic carbocycles. The predicted molar refractivity (Wildman–Crippen MR) is 103 cm³/mol. The molecule has 4 atom stereocenters. The van der Waals surface area contributed by atoms with Crippen LogP contribution in [0.1, 0.15) is 52.0 Å². The number of hydrogen-bond acceptors (Lipinski definition) is 5. The van der Waals surface area contributed by atoms with Gasteiger partial charge >= 0.3 is 5.97 Å². The Labute approximate surface area is 161 Å². The molecule has 1 aliphatic heterocycles. The molecule has 1 aromatic carbocycles. The number of Topliss-reactive ketones (excluding diaryl/α,β-unsaturated/α-hetero) is 1. The maximum Gasteiger partial charge on any atom is 0.349 e. The van der Waals surface area contributed by atoms with E-state index >= 15 is 0 Å². The quantitative estimate of drug-likeness (QED) is 0.590. The van der Waals surface area contributed by atoms with Gasteiger partial charge in [-0.3, -0.25) is 4.79 Å². The highest BCUT2D eigenvalue weighted by molar-refractivity contribution is 6.14. The number of fused-ring (bicyclic) bond motifs is 3. The van der Waals surface area contributed by atoms with Crippen LogP contribution in [-0.4, -0.2) is 43.2 Å². The van der Waals surface area contributed by atoms with Gasteiger partial charge in [-0.1, -0.05) is 25.1 Å². The summed E-state index contributed by atoms with van der Waals surface area (Å²) in [6.45, 7) is 7.62. The molecule has 0 bridgehead atoms. The van der Waals surface area contributed by atoms with Crippen molar-refractivity contribution in [3.8, 4) is 0 Å². The molecule has 1 aromatic rings. The van der Waals surface area contributed by atoms with E-state index in [0.717, 1.165) is 18.5 Å². The molecule has 1 heterocycles. The third-order valence-electron chi connectivity index (χ3n) is 6.86. The Hall–Kier alpha value is -1.88. The molecule has 0 amide bonds. The van der Waals surface area contributed by atoms with E-state index in [1.807, 2.05) is 40.0 Å². The van der Waals surface area contributed by atoms with Gasteiger partial charge in [0.1, 0.15) is 5.60 Å². The number of hydrogen-bond donors (Lipinski definition) is 0. The van der Waals surface area contributed by atoms with Crippen LogP contribution in [0.25, 0.3) is 0 Å². The zero-order valence-corrected chi connectivity index (χ0v) is 17.0. The summed E-state index contributed by atoms with van der Waals surface area (Å²) >= 11 is 0. The van der Waals surface area contributed by atoms with E-state index in [0.29, 0.717) is 0 Å². The van der Waals surface area contributed by atoms with Gasteiger partial charge < -0.3 is 14.4 Å². The summed E-state index contributed by atoms with van der Waals surface area (Å²) in [5.74, 6) is -0.443. The maximum absolute atomic E-state index is 13.8. The maximum atomic E-state index is 13.8. The van der Waals surface area contributed by atoms with Gasteiger partial charge in [-0.25, -0.2) is 4.79 Å². The number of para-hydroxylation sites is 1. The molecular formula is C22H29NO4. The molecule has 2 saturated carbocycles. The summed E-state index contributed by atoms with van der Waals surface area (Å²) in [6.07, 6.45) is 1.63. The summed E-state index contributed by atoms with van der Waals surface area (Å²) in [5.41, 5.74) is -0.514. The summed E-state index contributed by atoms with van der Waals surface area (Å²) < 4.78 is 11.6. The summed E-state index contributed by atoms with van der Waals surface area (Å²) in [7, 11) is 3.42. The van der Waals surface area contributed by atoms with Crippen LogP contribution in [0.3, 0.4) is 0 Å². The Morgan fingerprint density at radius 3 is 2.41 bits per heavy atom. The zero-order chi connectivity index (χ0) is 19.8. The van der Waals surface area contributed by atoms with E-state index in [2.05, 4.69) is 24.0 Å². The average molecular weight is 371 g/mol. The number of esters is 1. The number of benzene rings is 1. The van der Waals surface area contributed by atoms with Crippen LogP contribution in [0, 0.1) is 11.3 Å². The normalized spacial score (nSPS) is 33.6. The van der Waals surface area contributed by atoms with E-state index in [-0.39, 0.29) is 17.6 Å². The van der Waals surface area contributed by atoms with Gasteiger partial charge in [-0.15, -0.1) is 0 Å². The number of carbonyl (C=O) groups excluding carboxylic acids is 2. The van der Waals surface area contributed by atoms with Gasteiger partial charge in [-0.2, -0.15) is 0 Å². The van der Waals surface area contributed by atoms with Crippen molar-refractivity contribution in [3.05, 3.63) is 29.8 Å². The van der Waals surface area contributed by atoms with Crippen LogP contribution in [0.15, 0.2) is 24.3 Å².